The van der Waals surface area contributed by atoms with Gasteiger partial charge in [-0.15, -0.1) is 0 Å². The molecule has 0 aliphatic carbocycles. The van der Waals surface area contributed by atoms with Crippen molar-refractivity contribution in [2.75, 3.05) is 13.2 Å². The smallest absolute Gasteiger partial charge is 0.338 e. The quantitative estimate of drug-likeness (QED) is 0.554. The van der Waals surface area contributed by atoms with Gasteiger partial charge in [0.05, 0.1) is 24.3 Å². The van der Waals surface area contributed by atoms with Crippen LogP contribution < -0.4 is 4.74 Å². The number of ether oxygens (including phenoxy) is 3. The van der Waals surface area contributed by atoms with Gasteiger partial charge < -0.3 is 14.2 Å². The van der Waals surface area contributed by atoms with E-state index in [1.807, 2.05) is 42.5 Å². The molecule has 3 aromatic rings. The first-order valence-corrected chi connectivity index (χ1v) is 9.21. The van der Waals surface area contributed by atoms with E-state index in [1.165, 1.54) is 6.07 Å². The van der Waals surface area contributed by atoms with E-state index < -0.39 is 11.9 Å². The third kappa shape index (κ3) is 4.49. The van der Waals surface area contributed by atoms with E-state index in [4.69, 9.17) is 14.2 Å². The first-order chi connectivity index (χ1) is 13.6. The molecule has 0 N–H and O–H groups in total. The van der Waals surface area contributed by atoms with Crippen LogP contribution in [0, 0.1) is 0 Å². The minimum atomic E-state index is -0.511. The van der Waals surface area contributed by atoms with Crippen LogP contribution >= 0.6 is 0 Å². The largest absolute Gasteiger partial charge is 0.489 e. The second-order valence-electron chi connectivity index (χ2n) is 6.11. The summed E-state index contributed by atoms with van der Waals surface area (Å²) in [6.07, 6.45) is 0. The third-order valence-corrected chi connectivity index (χ3v) is 4.20. The molecule has 0 amide bonds. The number of esters is 2. The van der Waals surface area contributed by atoms with Crippen molar-refractivity contribution in [2.24, 2.45) is 0 Å². The lowest BCUT2D eigenvalue weighted by molar-refractivity contribution is 0.0524. The second-order valence-corrected chi connectivity index (χ2v) is 6.11. The van der Waals surface area contributed by atoms with E-state index in [-0.39, 0.29) is 24.3 Å². The summed E-state index contributed by atoms with van der Waals surface area (Å²) >= 11 is 0. The molecule has 28 heavy (non-hydrogen) atoms. The zero-order chi connectivity index (χ0) is 19.9. The fourth-order valence-electron chi connectivity index (χ4n) is 2.93. The highest BCUT2D eigenvalue weighted by Gasteiger charge is 2.15. The Bertz CT molecular complexity index is 952. The van der Waals surface area contributed by atoms with E-state index in [0.717, 1.165) is 16.3 Å². The van der Waals surface area contributed by atoms with Gasteiger partial charge in [0.25, 0.3) is 0 Å². The van der Waals surface area contributed by atoms with Gasteiger partial charge in [-0.25, -0.2) is 9.59 Å². The highest BCUT2D eigenvalue weighted by molar-refractivity contribution is 5.96. The van der Waals surface area contributed by atoms with Crippen LogP contribution in [0.15, 0.2) is 60.7 Å². The predicted molar refractivity (Wildman–Crippen MR) is 107 cm³/mol. The molecule has 3 aromatic carbocycles. The van der Waals surface area contributed by atoms with Crippen molar-refractivity contribution in [3.8, 4) is 5.75 Å². The van der Waals surface area contributed by atoms with Gasteiger partial charge >= 0.3 is 11.9 Å². The maximum atomic E-state index is 12.1. The van der Waals surface area contributed by atoms with Gasteiger partial charge in [0, 0.05) is 0 Å². The Morgan fingerprint density at radius 3 is 2.04 bits per heavy atom. The topological polar surface area (TPSA) is 61.8 Å². The number of benzene rings is 3. The number of hydrogen-bond donors (Lipinski definition) is 0. The van der Waals surface area contributed by atoms with E-state index in [0.29, 0.717) is 12.4 Å². The molecule has 0 heterocycles. The van der Waals surface area contributed by atoms with Crippen LogP contribution in [0.5, 0.6) is 5.75 Å². The zero-order valence-electron chi connectivity index (χ0n) is 15.9. The molecule has 0 unspecified atom stereocenters. The summed E-state index contributed by atoms with van der Waals surface area (Å²) in [4.78, 5) is 24.3. The van der Waals surface area contributed by atoms with Crippen molar-refractivity contribution in [2.45, 2.75) is 20.5 Å². The Kier molecular flexibility index (Phi) is 6.27. The fourth-order valence-corrected chi connectivity index (χ4v) is 2.93. The molecule has 0 saturated heterocycles. The minimum absolute atomic E-state index is 0.245. The highest BCUT2D eigenvalue weighted by Crippen LogP contribution is 2.23. The van der Waals surface area contributed by atoms with Crippen LogP contribution in [0.3, 0.4) is 0 Å². The number of carbonyl (C=O) groups is 2. The van der Waals surface area contributed by atoms with Crippen LogP contribution in [0.4, 0.5) is 0 Å². The maximum Gasteiger partial charge on any atom is 0.338 e. The molecule has 144 valence electrons. The lowest BCUT2D eigenvalue weighted by Gasteiger charge is -2.12. The van der Waals surface area contributed by atoms with Crippen molar-refractivity contribution >= 4 is 22.7 Å². The summed E-state index contributed by atoms with van der Waals surface area (Å²) in [5.41, 5.74) is 1.51. The molecule has 0 bridgehead atoms. The molecular formula is C23H22O5. The molecule has 0 spiro atoms. The molecule has 0 radical (unpaired) electrons. The SMILES string of the molecule is CCOC(=O)c1cc(OCc2cccc3ccccc23)cc(C(=O)OCC)c1. The van der Waals surface area contributed by atoms with Crippen molar-refractivity contribution in [3.63, 3.8) is 0 Å². The van der Waals surface area contributed by atoms with E-state index in [2.05, 4.69) is 0 Å². The first kappa shape index (κ1) is 19.4. The molecule has 5 heteroatoms. The van der Waals surface area contributed by atoms with E-state index in [9.17, 15) is 9.59 Å². The van der Waals surface area contributed by atoms with Crippen LogP contribution in [0.25, 0.3) is 10.8 Å². The highest BCUT2D eigenvalue weighted by atomic mass is 16.5. The van der Waals surface area contributed by atoms with E-state index >= 15 is 0 Å². The number of rotatable bonds is 7. The normalized spacial score (nSPS) is 10.5. The Labute approximate surface area is 163 Å². The van der Waals surface area contributed by atoms with Gasteiger partial charge in [0.2, 0.25) is 0 Å². The number of fused-ring (bicyclic) bond motifs is 1. The van der Waals surface area contributed by atoms with Gasteiger partial charge in [0.1, 0.15) is 12.4 Å². The Hall–Kier alpha value is -3.34. The van der Waals surface area contributed by atoms with Crippen molar-refractivity contribution in [1.82, 2.24) is 0 Å². The molecule has 0 aliphatic rings. The van der Waals surface area contributed by atoms with Crippen LogP contribution in [0.2, 0.25) is 0 Å². The molecule has 3 rings (SSSR count). The maximum absolute atomic E-state index is 12.1. The second kappa shape index (κ2) is 9.04. The fraction of sp³-hybridized carbons (Fsp3) is 0.217. The van der Waals surface area contributed by atoms with E-state index in [1.54, 1.807) is 26.0 Å². The molecular weight excluding hydrogens is 356 g/mol. The molecule has 0 fully saturated rings. The van der Waals surface area contributed by atoms with Gasteiger partial charge in [-0.3, -0.25) is 0 Å². The summed E-state index contributed by atoms with van der Waals surface area (Å²) in [5, 5.41) is 2.22. The Morgan fingerprint density at radius 2 is 1.39 bits per heavy atom. The van der Waals surface area contributed by atoms with Crippen LogP contribution in [-0.4, -0.2) is 25.2 Å². The van der Waals surface area contributed by atoms with Gasteiger partial charge in [-0.1, -0.05) is 42.5 Å². The monoisotopic (exact) mass is 378 g/mol. The van der Waals surface area contributed by atoms with Crippen LogP contribution in [-0.2, 0) is 16.1 Å². The molecule has 0 atom stereocenters. The summed E-state index contributed by atoms with van der Waals surface area (Å²) in [5.74, 6) is -0.617. The molecule has 0 aromatic heterocycles. The standard InChI is InChI=1S/C23H22O5/c1-3-26-22(24)18-12-19(23(25)27-4-2)14-20(13-18)28-15-17-10-7-9-16-8-5-6-11-21(16)17/h5-14H,3-4,15H2,1-2H3. The predicted octanol–water partition coefficient (Wildman–Crippen LogP) is 4.77. The number of hydrogen-bond acceptors (Lipinski definition) is 5. The molecule has 0 aliphatic heterocycles. The molecule has 0 saturated carbocycles. The average molecular weight is 378 g/mol. The first-order valence-electron chi connectivity index (χ1n) is 9.21. The summed E-state index contributed by atoms with van der Waals surface area (Å²) in [7, 11) is 0. The van der Waals surface area contributed by atoms with Gasteiger partial charge in [-0.2, -0.15) is 0 Å². The van der Waals surface area contributed by atoms with Crippen LogP contribution in [0.1, 0.15) is 40.1 Å². The summed E-state index contributed by atoms with van der Waals surface area (Å²) in [6.45, 7) is 4.25. The summed E-state index contributed by atoms with van der Waals surface area (Å²) in [6, 6.07) is 18.7. The molecule has 5 nitrogen and oxygen atoms in total. The van der Waals surface area contributed by atoms with Crippen molar-refractivity contribution < 1.29 is 23.8 Å². The van der Waals surface area contributed by atoms with Crippen molar-refractivity contribution in [1.29, 1.82) is 0 Å². The average Bonchev–Trinajstić information content (AvgIpc) is 2.72. The zero-order valence-corrected chi connectivity index (χ0v) is 15.9. The summed E-state index contributed by atoms with van der Waals surface area (Å²) < 4.78 is 16.0. The van der Waals surface area contributed by atoms with Crippen molar-refractivity contribution in [3.05, 3.63) is 77.4 Å². The lowest BCUT2D eigenvalue weighted by atomic mass is 10.1. The van der Waals surface area contributed by atoms with Gasteiger partial charge in [-0.05, 0) is 48.4 Å². The minimum Gasteiger partial charge on any atom is -0.489 e. The Morgan fingerprint density at radius 1 is 0.786 bits per heavy atom. The number of carbonyl (C=O) groups excluding carboxylic acids is 2. The van der Waals surface area contributed by atoms with Gasteiger partial charge in [0.15, 0.2) is 0 Å². The lowest BCUT2D eigenvalue weighted by Crippen LogP contribution is -2.10. The third-order valence-electron chi connectivity index (χ3n) is 4.20. The Balaban J connectivity index is 1.89.